The number of hydrogen-bond donors (Lipinski definition) is 0. The molecule has 0 spiro atoms. The Balaban J connectivity index is 3.27. The van der Waals surface area contributed by atoms with Crippen LogP contribution < -0.4 is 0 Å². The quantitative estimate of drug-likeness (QED) is 0.210. The normalized spacial score (nSPS) is 27.5. The molecule has 1 rings (SSSR count). The Morgan fingerprint density at radius 1 is 0.923 bits per heavy atom. The molecule has 0 aromatic rings. The predicted octanol–water partition coefficient (Wildman–Crippen LogP) is 0.380. The van der Waals surface area contributed by atoms with Gasteiger partial charge in [0, 0.05) is 32.6 Å². The maximum Gasteiger partial charge on any atom is 0.305 e. The zero-order valence-electron chi connectivity index (χ0n) is 14.6. The van der Waals surface area contributed by atoms with Crippen molar-refractivity contribution in [2.45, 2.75) is 58.3 Å². The average molecular weight is 373 g/mol. The van der Waals surface area contributed by atoms with Crippen molar-refractivity contribution in [3.05, 3.63) is 10.4 Å². The largest absolute Gasteiger partial charge is 0.463 e. The number of carbonyl (C=O) groups excluding carboxylic acids is 4. The van der Waals surface area contributed by atoms with Gasteiger partial charge in [-0.05, 0) is 5.53 Å². The second-order valence-electron chi connectivity index (χ2n) is 5.30. The molecule has 1 aliphatic rings. The molecular weight excluding hydrogens is 354 g/mol. The Morgan fingerprint density at radius 3 is 1.92 bits per heavy atom. The van der Waals surface area contributed by atoms with Crippen LogP contribution in [0.3, 0.4) is 0 Å². The maximum atomic E-state index is 11.4. The van der Waals surface area contributed by atoms with Crippen LogP contribution in [0.1, 0.15) is 27.7 Å². The fourth-order valence-electron chi connectivity index (χ4n) is 2.33. The number of hydrogen-bond acceptors (Lipinski definition) is 10. The van der Waals surface area contributed by atoms with E-state index in [1.165, 1.54) is 0 Å². The van der Waals surface area contributed by atoms with Crippen molar-refractivity contribution in [1.29, 1.82) is 0 Å². The van der Waals surface area contributed by atoms with E-state index in [2.05, 4.69) is 10.0 Å². The van der Waals surface area contributed by atoms with Crippen LogP contribution in [0, 0.1) is 0 Å². The van der Waals surface area contributed by atoms with E-state index >= 15 is 0 Å². The first-order valence-electron chi connectivity index (χ1n) is 7.50. The summed E-state index contributed by atoms with van der Waals surface area (Å²) >= 11 is 0. The number of rotatable bonds is 6. The summed E-state index contributed by atoms with van der Waals surface area (Å²) < 4.78 is 25.5. The minimum absolute atomic E-state index is 0.380. The zero-order chi connectivity index (χ0) is 19.9. The molecule has 0 amide bonds. The van der Waals surface area contributed by atoms with Crippen molar-refractivity contribution in [3.8, 4) is 0 Å². The number of azide groups is 1. The Morgan fingerprint density at radius 2 is 1.46 bits per heavy atom. The minimum atomic E-state index is -1.46. The maximum absolute atomic E-state index is 11.4. The van der Waals surface area contributed by atoms with Crippen molar-refractivity contribution >= 4 is 23.9 Å². The Labute approximate surface area is 148 Å². The number of nitrogens with zero attached hydrogens (tertiary/aromatic N) is 3. The van der Waals surface area contributed by atoms with Gasteiger partial charge in [-0.3, -0.25) is 19.2 Å². The molecule has 1 fully saturated rings. The summed E-state index contributed by atoms with van der Waals surface area (Å²) in [4.78, 5) is 47.9. The van der Waals surface area contributed by atoms with Gasteiger partial charge in [0.25, 0.3) is 0 Å². The average Bonchev–Trinajstić information content (AvgIpc) is 2.50. The lowest BCUT2D eigenvalue weighted by Gasteiger charge is -2.42. The fraction of sp³-hybridized carbons (Fsp3) is 0.714. The number of esters is 4. The van der Waals surface area contributed by atoms with E-state index in [9.17, 15) is 19.2 Å². The highest BCUT2D eigenvalue weighted by atomic mass is 16.7. The molecule has 0 radical (unpaired) electrons. The van der Waals surface area contributed by atoms with Crippen molar-refractivity contribution in [2.24, 2.45) is 5.11 Å². The molecule has 0 saturated carbocycles. The van der Waals surface area contributed by atoms with Gasteiger partial charge in [-0.2, -0.15) is 0 Å². The third-order valence-electron chi connectivity index (χ3n) is 3.14. The molecule has 0 aliphatic carbocycles. The van der Waals surface area contributed by atoms with Crippen LogP contribution >= 0.6 is 0 Å². The third kappa shape index (κ3) is 6.22. The van der Waals surface area contributed by atoms with Crippen LogP contribution in [0.25, 0.3) is 10.4 Å². The lowest BCUT2D eigenvalue weighted by molar-refractivity contribution is -0.275. The summed E-state index contributed by atoms with van der Waals surface area (Å²) in [5.74, 6) is -2.91. The van der Waals surface area contributed by atoms with E-state index in [0.29, 0.717) is 0 Å². The van der Waals surface area contributed by atoms with Crippen LogP contribution in [0.5, 0.6) is 0 Å². The molecule has 1 aliphatic heterocycles. The Kier molecular flexibility index (Phi) is 7.81. The molecule has 1 heterocycles. The van der Waals surface area contributed by atoms with Gasteiger partial charge in [0.1, 0.15) is 24.9 Å². The van der Waals surface area contributed by atoms with E-state index in [4.69, 9.17) is 29.2 Å². The highest BCUT2D eigenvalue weighted by Gasteiger charge is 2.51. The molecule has 1 saturated heterocycles. The molecule has 26 heavy (non-hydrogen) atoms. The molecule has 0 N–H and O–H groups in total. The molecule has 12 nitrogen and oxygen atoms in total. The standard InChI is InChI=1S/C14H19N3O9/c1-6(18)22-5-10-12(23-7(2)19)11(16-17-15)13(24-8(3)20)14(26-10)25-9(4)21/h10-14H,5H2,1-4H3/t10?,11?,12-,13?,14-/m1/s1. The van der Waals surface area contributed by atoms with Gasteiger partial charge in [-0.25, -0.2) is 0 Å². The van der Waals surface area contributed by atoms with Gasteiger partial charge in [-0.15, -0.1) is 0 Å². The summed E-state index contributed by atoms with van der Waals surface area (Å²) in [6, 6.07) is -1.29. The summed E-state index contributed by atoms with van der Waals surface area (Å²) in [7, 11) is 0. The van der Waals surface area contributed by atoms with Crippen LogP contribution in [-0.4, -0.2) is 61.1 Å². The third-order valence-corrected chi connectivity index (χ3v) is 3.14. The van der Waals surface area contributed by atoms with Crippen molar-refractivity contribution in [1.82, 2.24) is 0 Å². The van der Waals surface area contributed by atoms with E-state index in [-0.39, 0.29) is 6.61 Å². The highest BCUT2D eigenvalue weighted by Crippen LogP contribution is 2.29. The van der Waals surface area contributed by atoms with Crippen molar-refractivity contribution in [2.75, 3.05) is 6.61 Å². The Hall–Kier alpha value is -2.85. The van der Waals surface area contributed by atoms with E-state index < -0.39 is 54.5 Å². The number of ether oxygens (including phenoxy) is 5. The van der Waals surface area contributed by atoms with Gasteiger partial charge in [0.05, 0.1) is 0 Å². The first kappa shape index (κ1) is 21.2. The zero-order valence-corrected chi connectivity index (χ0v) is 14.6. The van der Waals surface area contributed by atoms with Crippen LogP contribution in [0.15, 0.2) is 5.11 Å². The van der Waals surface area contributed by atoms with Crippen LogP contribution in [0.2, 0.25) is 0 Å². The van der Waals surface area contributed by atoms with Gasteiger partial charge < -0.3 is 23.7 Å². The van der Waals surface area contributed by atoms with Crippen LogP contribution in [0.4, 0.5) is 0 Å². The molecule has 0 bridgehead atoms. The summed E-state index contributed by atoms with van der Waals surface area (Å²) in [6.07, 6.45) is -5.21. The van der Waals surface area contributed by atoms with Gasteiger partial charge in [0.15, 0.2) is 6.10 Å². The first-order valence-corrected chi connectivity index (χ1v) is 7.50. The first-order chi connectivity index (χ1) is 12.1. The van der Waals surface area contributed by atoms with Crippen molar-refractivity contribution in [3.63, 3.8) is 0 Å². The minimum Gasteiger partial charge on any atom is -0.463 e. The van der Waals surface area contributed by atoms with E-state index in [1.54, 1.807) is 0 Å². The van der Waals surface area contributed by atoms with Crippen molar-refractivity contribution < 1.29 is 42.9 Å². The fourth-order valence-corrected chi connectivity index (χ4v) is 2.33. The molecule has 144 valence electrons. The predicted molar refractivity (Wildman–Crippen MR) is 81.1 cm³/mol. The monoisotopic (exact) mass is 373 g/mol. The summed E-state index contributed by atoms with van der Waals surface area (Å²) in [5, 5.41) is 3.50. The lowest BCUT2D eigenvalue weighted by atomic mass is 9.96. The van der Waals surface area contributed by atoms with Gasteiger partial charge in [0.2, 0.25) is 6.29 Å². The summed E-state index contributed by atoms with van der Waals surface area (Å²) in [6.45, 7) is 4.06. The number of carbonyl (C=O) groups is 4. The lowest BCUT2D eigenvalue weighted by Crippen LogP contribution is -2.61. The van der Waals surface area contributed by atoms with Crippen LogP contribution in [-0.2, 0) is 42.9 Å². The molecule has 12 heteroatoms. The van der Waals surface area contributed by atoms with Gasteiger partial charge in [-0.1, -0.05) is 5.11 Å². The van der Waals surface area contributed by atoms with E-state index in [1.807, 2.05) is 0 Å². The SMILES string of the molecule is CC(=O)OCC1O[C@@H](OC(C)=O)C(OC(C)=O)C(N=[N+]=[N-])[C@@H]1OC(C)=O. The molecule has 5 atom stereocenters. The second-order valence-corrected chi connectivity index (χ2v) is 5.30. The molecule has 3 unspecified atom stereocenters. The molecular formula is C14H19N3O9. The van der Waals surface area contributed by atoms with E-state index in [0.717, 1.165) is 27.7 Å². The smallest absolute Gasteiger partial charge is 0.305 e. The van der Waals surface area contributed by atoms with Gasteiger partial charge >= 0.3 is 23.9 Å². The second kappa shape index (κ2) is 9.59. The summed E-state index contributed by atoms with van der Waals surface area (Å²) in [5.41, 5.74) is 8.84. The molecule has 0 aromatic heterocycles. The Bertz CT molecular complexity index is 617. The topological polar surface area (TPSA) is 163 Å². The highest BCUT2D eigenvalue weighted by molar-refractivity contribution is 5.68. The molecule has 0 aromatic carbocycles.